The number of halogens is 1. The van der Waals surface area contributed by atoms with Crippen molar-refractivity contribution in [2.24, 2.45) is 0 Å². The third-order valence-corrected chi connectivity index (χ3v) is 2.62. The largest absolute Gasteiger partial charge is 0.342 e. The Bertz CT molecular complexity index is 476. The third-order valence-electron chi connectivity index (χ3n) is 2.40. The number of rotatable bonds is 3. The standard InChI is InChI=1S/C11H14ClN3/c1-7-5-8(12)6-9-11(7)15-10(14-9)3-4-13-2/h5-6,13H,3-4H2,1-2H3,(H,14,15). The lowest BCUT2D eigenvalue weighted by atomic mass is 10.2. The zero-order valence-electron chi connectivity index (χ0n) is 8.89. The highest BCUT2D eigenvalue weighted by Crippen LogP contribution is 2.21. The summed E-state index contributed by atoms with van der Waals surface area (Å²) < 4.78 is 0. The number of fused-ring (bicyclic) bond motifs is 1. The molecule has 0 radical (unpaired) electrons. The average molecular weight is 224 g/mol. The highest BCUT2D eigenvalue weighted by Gasteiger charge is 2.05. The van der Waals surface area contributed by atoms with Gasteiger partial charge >= 0.3 is 0 Å². The normalized spacial score (nSPS) is 11.1. The van der Waals surface area contributed by atoms with Gasteiger partial charge in [0.2, 0.25) is 0 Å². The lowest BCUT2D eigenvalue weighted by Gasteiger charge is -1.94. The van der Waals surface area contributed by atoms with Gasteiger partial charge in [-0.25, -0.2) is 4.98 Å². The van der Waals surface area contributed by atoms with Crippen molar-refractivity contribution in [3.05, 3.63) is 28.5 Å². The van der Waals surface area contributed by atoms with Crippen LogP contribution in [0.1, 0.15) is 11.4 Å². The van der Waals surface area contributed by atoms with Crippen LogP contribution in [0.2, 0.25) is 5.02 Å². The van der Waals surface area contributed by atoms with Gasteiger partial charge in [-0.05, 0) is 31.7 Å². The lowest BCUT2D eigenvalue weighted by molar-refractivity contribution is 0.766. The van der Waals surface area contributed by atoms with Crippen molar-refractivity contribution in [1.82, 2.24) is 15.3 Å². The molecular weight excluding hydrogens is 210 g/mol. The predicted octanol–water partition coefficient (Wildman–Crippen LogP) is 2.29. The van der Waals surface area contributed by atoms with Crippen molar-refractivity contribution >= 4 is 22.6 Å². The van der Waals surface area contributed by atoms with Crippen molar-refractivity contribution in [2.45, 2.75) is 13.3 Å². The third kappa shape index (κ3) is 2.13. The molecule has 4 heteroatoms. The second kappa shape index (κ2) is 4.21. The van der Waals surface area contributed by atoms with Crippen LogP contribution in [0.15, 0.2) is 12.1 Å². The Labute approximate surface area is 93.9 Å². The first-order chi connectivity index (χ1) is 7.20. The zero-order chi connectivity index (χ0) is 10.8. The van der Waals surface area contributed by atoms with Crippen molar-refractivity contribution in [2.75, 3.05) is 13.6 Å². The van der Waals surface area contributed by atoms with E-state index in [4.69, 9.17) is 11.6 Å². The second-order valence-corrected chi connectivity index (χ2v) is 4.09. The van der Waals surface area contributed by atoms with E-state index in [-0.39, 0.29) is 0 Å². The van der Waals surface area contributed by atoms with Crippen molar-refractivity contribution in [1.29, 1.82) is 0 Å². The van der Waals surface area contributed by atoms with Crippen molar-refractivity contribution < 1.29 is 0 Å². The minimum Gasteiger partial charge on any atom is -0.342 e. The number of nitrogens with one attached hydrogen (secondary N) is 2. The lowest BCUT2D eigenvalue weighted by Crippen LogP contribution is -2.10. The summed E-state index contributed by atoms with van der Waals surface area (Å²) in [5.41, 5.74) is 3.15. The smallest absolute Gasteiger partial charge is 0.108 e. The number of hydrogen-bond donors (Lipinski definition) is 2. The highest BCUT2D eigenvalue weighted by molar-refractivity contribution is 6.31. The maximum atomic E-state index is 5.98. The van der Waals surface area contributed by atoms with E-state index in [9.17, 15) is 0 Å². The summed E-state index contributed by atoms with van der Waals surface area (Å²) in [5, 5.41) is 3.85. The highest BCUT2D eigenvalue weighted by atomic mass is 35.5. The van der Waals surface area contributed by atoms with E-state index in [0.29, 0.717) is 0 Å². The molecule has 0 unspecified atom stereocenters. The molecule has 2 N–H and O–H groups in total. The van der Waals surface area contributed by atoms with E-state index in [1.807, 2.05) is 26.1 Å². The van der Waals surface area contributed by atoms with Gasteiger partial charge in [-0.2, -0.15) is 0 Å². The fraction of sp³-hybridized carbons (Fsp3) is 0.364. The van der Waals surface area contributed by atoms with Crippen LogP contribution in [-0.4, -0.2) is 23.6 Å². The molecule has 80 valence electrons. The number of nitrogens with zero attached hydrogens (tertiary/aromatic N) is 1. The number of aromatic amines is 1. The molecule has 0 aliphatic heterocycles. The SMILES string of the molecule is CNCCc1nc2c(C)cc(Cl)cc2[nH]1. The quantitative estimate of drug-likeness (QED) is 0.838. The van der Waals surface area contributed by atoms with Crippen LogP contribution < -0.4 is 5.32 Å². The van der Waals surface area contributed by atoms with E-state index < -0.39 is 0 Å². The van der Waals surface area contributed by atoms with E-state index in [1.165, 1.54) is 0 Å². The number of aromatic nitrogens is 2. The van der Waals surface area contributed by atoms with Gasteiger partial charge in [-0.1, -0.05) is 11.6 Å². The van der Waals surface area contributed by atoms with Gasteiger partial charge in [0.1, 0.15) is 5.82 Å². The molecule has 0 fully saturated rings. The number of imidazole rings is 1. The van der Waals surface area contributed by atoms with Crippen LogP contribution in [0.3, 0.4) is 0 Å². The van der Waals surface area contributed by atoms with E-state index in [1.54, 1.807) is 0 Å². The van der Waals surface area contributed by atoms with Gasteiger partial charge in [-0.3, -0.25) is 0 Å². The first kappa shape index (κ1) is 10.5. The molecule has 1 aromatic carbocycles. The van der Waals surface area contributed by atoms with Gasteiger partial charge in [0.15, 0.2) is 0 Å². The summed E-state index contributed by atoms with van der Waals surface area (Å²) in [6.45, 7) is 2.95. The first-order valence-corrected chi connectivity index (χ1v) is 5.38. The Balaban J connectivity index is 2.41. The summed E-state index contributed by atoms with van der Waals surface area (Å²) in [5.74, 6) is 1.00. The molecule has 3 nitrogen and oxygen atoms in total. The number of H-pyrrole nitrogens is 1. The number of aryl methyl sites for hydroxylation is 1. The molecule has 0 atom stereocenters. The van der Waals surface area contributed by atoms with Crippen LogP contribution in [0.25, 0.3) is 11.0 Å². The predicted molar refractivity (Wildman–Crippen MR) is 63.5 cm³/mol. The fourth-order valence-corrected chi connectivity index (χ4v) is 1.93. The summed E-state index contributed by atoms with van der Waals surface area (Å²) in [7, 11) is 1.94. The van der Waals surface area contributed by atoms with Gasteiger partial charge < -0.3 is 10.3 Å². The van der Waals surface area contributed by atoms with E-state index in [2.05, 4.69) is 15.3 Å². The van der Waals surface area contributed by atoms with Gasteiger partial charge in [0.05, 0.1) is 11.0 Å². The van der Waals surface area contributed by atoms with Gasteiger partial charge in [0.25, 0.3) is 0 Å². The molecule has 0 spiro atoms. The fourth-order valence-electron chi connectivity index (χ4n) is 1.66. The molecular formula is C11H14ClN3. The topological polar surface area (TPSA) is 40.7 Å². The molecule has 0 saturated heterocycles. The molecule has 0 saturated carbocycles. The first-order valence-electron chi connectivity index (χ1n) is 5.00. The molecule has 2 rings (SSSR count). The minimum absolute atomic E-state index is 0.754. The summed E-state index contributed by atoms with van der Waals surface area (Å²) >= 11 is 5.98. The number of likely N-dealkylation sites (N-methyl/N-ethyl adjacent to an activating group) is 1. The summed E-state index contributed by atoms with van der Waals surface area (Å²) in [6, 6.07) is 3.85. The Morgan fingerprint density at radius 2 is 2.27 bits per heavy atom. The molecule has 0 aliphatic carbocycles. The number of hydrogen-bond acceptors (Lipinski definition) is 2. The average Bonchev–Trinajstić information content (AvgIpc) is 2.57. The molecule has 1 heterocycles. The minimum atomic E-state index is 0.754. The van der Waals surface area contributed by atoms with E-state index in [0.717, 1.165) is 40.4 Å². The Morgan fingerprint density at radius 3 is 3.00 bits per heavy atom. The molecule has 2 aromatic rings. The van der Waals surface area contributed by atoms with E-state index >= 15 is 0 Å². The van der Waals surface area contributed by atoms with Crippen LogP contribution in [0, 0.1) is 6.92 Å². The maximum absolute atomic E-state index is 5.98. The Morgan fingerprint density at radius 1 is 1.47 bits per heavy atom. The summed E-state index contributed by atoms with van der Waals surface area (Å²) in [4.78, 5) is 7.81. The van der Waals surface area contributed by atoms with Crippen molar-refractivity contribution in [3.8, 4) is 0 Å². The molecule has 15 heavy (non-hydrogen) atoms. The van der Waals surface area contributed by atoms with Crippen LogP contribution >= 0.6 is 11.6 Å². The van der Waals surface area contributed by atoms with Crippen molar-refractivity contribution in [3.63, 3.8) is 0 Å². The molecule has 0 bridgehead atoms. The summed E-state index contributed by atoms with van der Waals surface area (Å²) in [6.07, 6.45) is 0.905. The van der Waals surface area contributed by atoms with Gasteiger partial charge in [0, 0.05) is 18.0 Å². The second-order valence-electron chi connectivity index (χ2n) is 3.66. The molecule has 1 aromatic heterocycles. The number of benzene rings is 1. The Kier molecular flexibility index (Phi) is 2.93. The van der Waals surface area contributed by atoms with Gasteiger partial charge in [-0.15, -0.1) is 0 Å². The monoisotopic (exact) mass is 223 g/mol. The van der Waals surface area contributed by atoms with Crippen LogP contribution in [0.5, 0.6) is 0 Å². The Hall–Kier alpha value is -1.06. The maximum Gasteiger partial charge on any atom is 0.108 e. The molecule has 0 amide bonds. The van der Waals surface area contributed by atoms with Crippen LogP contribution in [-0.2, 0) is 6.42 Å². The van der Waals surface area contributed by atoms with Crippen LogP contribution in [0.4, 0.5) is 0 Å². The molecule has 0 aliphatic rings. The zero-order valence-corrected chi connectivity index (χ0v) is 9.65.